The molecule has 0 aromatic carbocycles. The maximum Gasteiger partial charge on any atom is 0.197 e. The first-order valence-corrected chi connectivity index (χ1v) is 6.03. The van der Waals surface area contributed by atoms with E-state index in [0.717, 1.165) is 15.7 Å². The van der Waals surface area contributed by atoms with Crippen LogP contribution in [0.5, 0.6) is 0 Å². The molecule has 2 aromatic rings. The van der Waals surface area contributed by atoms with Crippen LogP contribution in [0.2, 0.25) is 0 Å². The summed E-state index contributed by atoms with van der Waals surface area (Å²) in [6, 6.07) is 0. The van der Waals surface area contributed by atoms with E-state index in [1.165, 1.54) is 18.1 Å². The van der Waals surface area contributed by atoms with Crippen LogP contribution in [0.25, 0.3) is 0 Å². The number of hydrogen-bond donors (Lipinski definition) is 1. The zero-order valence-electron chi connectivity index (χ0n) is 9.95. The molecule has 0 saturated carbocycles. The summed E-state index contributed by atoms with van der Waals surface area (Å²) in [7, 11) is 1.89. The quantitative estimate of drug-likeness (QED) is 0.830. The van der Waals surface area contributed by atoms with Gasteiger partial charge in [-0.05, 0) is 17.7 Å². The van der Waals surface area contributed by atoms with Crippen LogP contribution in [-0.2, 0) is 7.05 Å². The smallest absolute Gasteiger partial charge is 0.197 e. The Balaban J connectivity index is 2.39. The van der Waals surface area contributed by atoms with Gasteiger partial charge >= 0.3 is 0 Å². The summed E-state index contributed by atoms with van der Waals surface area (Å²) in [6.07, 6.45) is 3.13. The summed E-state index contributed by atoms with van der Waals surface area (Å²) in [4.78, 5) is 8.29. The van der Waals surface area contributed by atoms with Gasteiger partial charge < -0.3 is 10.3 Å². The van der Waals surface area contributed by atoms with E-state index >= 15 is 0 Å². The van der Waals surface area contributed by atoms with Crippen molar-refractivity contribution in [3.63, 3.8) is 0 Å². The SMILES string of the molecule is CC(C)c1c(N)ncnc1Sc1nncn1C. The van der Waals surface area contributed by atoms with E-state index in [9.17, 15) is 0 Å². The van der Waals surface area contributed by atoms with Crippen LogP contribution in [0.15, 0.2) is 22.8 Å². The predicted molar refractivity (Wildman–Crippen MR) is 65.7 cm³/mol. The van der Waals surface area contributed by atoms with Crippen LogP contribution >= 0.6 is 11.8 Å². The fourth-order valence-corrected chi connectivity index (χ4v) is 2.47. The molecule has 0 spiro atoms. The summed E-state index contributed by atoms with van der Waals surface area (Å²) in [5.41, 5.74) is 6.84. The van der Waals surface area contributed by atoms with Crippen LogP contribution in [-0.4, -0.2) is 24.7 Å². The molecule has 6 nitrogen and oxygen atoms in total. The fraction of sp³-hybridized carbons (Fsp3) is 0.400. The second-order valence-corrected chi connectivity index (χ2v) is 4.91. The predicted octanol–water partition coefficient (Wildman–Crippen LogP) is 1.46. The van der Waals surface area contributed by atoms with Gasteiger partial charge in [-0.25, -0.2) is 9.97 Å². The molecule has 90 valence electrons. The van der Waals surface area contributed by atoms with Gasteiger partial charge in [0.05, 0.1) is 0 Å². The molecule has 7 heteroatoms. The Kier molecular flexibility index (Phi) is 3.28. The first-order valence-electron chi connectivity index (χ1n) is 5.21. The number of aryl methyl sites for hydroxylation is 1. The summed E-state index contributed by atoms with van der Waals surface area (Å²) in [5, 5.41) is 9.47. The standard InChI is InChI=1S/C10H14N6S/c1-6(2)7-8(11)12-4-13-9(7)17-10-15-14-5-16(10)3/h4-6H,1-3H3,(H2,11,12,13). The topological polar surface area (TPSA) is 82.5 Å². The molecular weight excluding hydrogens is 236 g/mol. The van der Waals surface area contributed by atoms with E-state index in [1.807, 2.05) is 11.6 Å². The maximum absolute atomic E-state index is 5.88. The van der Waals surface area contributed by atoms with Gasteiger partial charge in [-0.1, -0.05) is 13.8 Å². The minimum atomic E-state index is 0.270. The van der Waals surface area contributed by atoms with E-state index in [0.29, 0.717) is 5.82 Å². The van der Waals surface area contributed by atoms with Crippen molar-refractivity contribution < 1.29 is 0 Å². The zero-order valence-corrected chi connectivity index (χ0v) is 10.8. The Hall–Kier alpha value is -1.63. The van der Waals surface area contributed by atoms with Crippen LogP contribution in [0.1, 0.15) is 25.3 Å². The van der Waals surface area contributed by atoms with Crippen LogP contribution in [0.4, 0.5) is 5.82 Å². The molecule has 0 aliphatic heterocycles. The fourth-order valence-electron chi connectivity index (χ4n) is 1.47. The van der Waals surface area contributed by atoms with Gasteiger partial charge in [0.2, 0.25) is 0 Å². The second kappa shape index (κ2) is 4.70. The van der Waals surface area contributed by atoms with Crippen molar-refractivity contribution in [2.24, 2.45) is 7.05 Å². The first-order chi connectivity index (χ1) is 8.09. The average molecular weight is 250 g/mol. The minimum Gasteiger partial charge on any atom is -0.383 e. The van der Waals surface area contributed by atoms with Gasteiger partial charge in [0, 0.05) is 12.6 Å². The van der Waals surface area contributed by atoms with E-state index in [4.69, 9.17) is 5.73 Å². The number of rotatable bonds is 3. The molecule has 0 unspecified atom stereocenters. The lowest BCUT2D eigenvalue weighted by Gasteiger charge is -2.12. The highest BCUT2D eigenvalue weighted by molar-refractivity contribution is 7.99. The normalized spacial score (nSPS) is 11.1. The molecule has 17 heavy (non-hydrogen) atoms. The van der Waals surface area contributed by atoms with Crippen LogP contribution < -0.4 is 5.73 Å². The van der Waals surface area contributed by atoms with Crippen molar-refractivity contribution in [3.05, 3.63) is 18.2 Å². The molecule has 0 aliphatic rings. The van der Waals surface area contributed by atoms with E-state index < -0.39 is 0 Å². The molecule has 0 aliphatic carbocycles. The van der Waals surface area contributed by atoms with E-state index in [2.05, 4.69) is 34.0 Å². The highest BCUT2D eigenvalue weighted by Gasteiger charge is 2.15. The van der Waals surface area contributed by atoms with E-state index in [-0.39, 0.29) is 5.92 Å². The Morgan fingerprint density at radius 2 is 2.12 bits per heavy atom. The van der Waals surface area contributed by atoms with Crippen molar-refractivity contribution in [3.8, 4) is 0 Å². The number of nitrogens with two attached hydrogens (primary N) is 1. The molecule has 0 bridgehead atoms. The number of aromatic nitrogens is 5. The summed E-state index contributed by atoms with van der Waals surface area (Å²) < 4.78 is 1.84. The van der Waals surface area contributed by atoms with Gasteiger partial charge in [-0.15, -0.1) is 10.2 Å². The Labute approximate surface area is 104 Å². The third-order valence-corrected chi connectivity index (χ3v) is 3.38. The summed E-state index contributed by atoms with van der Waals surface area (Å²) >= 11 is 1.45. The van der Waals surface area contributed by atoms with Gasteiger partial charge in [0.15, 0.2) is 5.16 Å². The van der Waals surface area contributed by atoms with Gasteiger partial charge in [0.1, 0.15) is 23.5 Å². The molecule has 0 fully saturated rings. The van der Waals surface area contributed by atoms with Crippen molar-refractivity contribution in [2.45, 2.75) is 29.9 Å². The van der Waals surface area contributed by atoms with Gasteiger partial charge in [-0.2, -0.15) is 0 Å². The van der Waals surface area contributed by atoms with Gasteiger partial charge in [-0.3, -0.25) is 0 Å². The molecule has 0 radical (unpaired) electrons. The monoisotopic (exact) mass is 250 g/mol. The average Bonchev–Trinajstić information content (AvgIpc) is 2.64. The van der Waals surface area contributed by atoms with Crippen molar-refractivity contribution >= 4 is 17.6 Å². The molecule has 0 amide bonds. The Bertz CT molecular complexity index is 521. The lowest BCUT2D eigenvalue weighted by Crippen LogP contribution is -2.04. The van der Waals surface area contributed by atoms with Crippen molar-refractivity contribution in [1.29, 1.82) is 0 Å². The van der Waals surface area contributed by atoms with Crippen molar-refractivity contribution in [2.75, 3.05) is 5.73 Å². The summed E-state index contributed by atoms with van der Waals surface area (Å²) in [5.74, 6) is 0.798. The lowest BCUT2D eigenvalue weighted by atomic mass is 10.1. The van der Waals surface area contributed by atoms with Crippen LogP contribution in [0.3, 0.4) is 0 Å². The lowest BCUT2D eigenvalue weighted by molar-refractivity contribution is 0.777. The molecule has 2 aromatic heterocycles. The maximum atomic E-state index is 5.88. The second-order valence-electron chi connectivity index (χ2n) is 3.96. The number of anilines is 1. The summed E-state index contributed by atoms with van der Waals surface area (Å²) in [6.45, 7) is 4.13. The van der Waals surface area contributed by atoms with E-state index in [1.54, 1.807) is 6.33 Å². The Morgan fingerprint density at radius 1 is 1.35 bits per heavy atom. The third-order valence-electron chi connectivity index (χ3n) is 2.31. The number of hydrogen-bond acceptors (Lipinski definition) is 6. The molecule has 2 rings (SSSR count). The zero-order chi connectivity index (χ0) is 12.4. The molecule has 0 saturated heterocycles. The third kappa shape index (κ3) is 2.38. The highest BCUT2D eigenvalue weighted by atomic mass is 32.2. The molecular formula is C10H14N6S. The minimum absolute atomic E-state index is 0.270. The largest absolute Gasteiger partial charge is 0.383 e. The van der Waals surface area contributed by atoms with Crippen LogP contribution in [0, 0.1) is 0 Å². The number of nitrogens with zero attached hydrogens (tertiary/aromatic N) is 5. The number of nitrogen functional groups attached to an aromatic ring is 1. The molecule has 0 atom stereocenters. The Morgan fingerprint density at radius 3 is 2.71 bits per heavy atom. The van der Waals surface area contributed by atoms with Crippen molar-refractivity contribution in [1.82, 2.24) is 24.7 Å². The molecule has 2 heterocycles. The molecule has 2 N–H and O–H groups in total. The highest BCUT2D eigenvalue weighted by Crippen LogP contribution is 2.32. The first kappa shape index (κ1) is 11.8. The van der Waals surface area contributed by atoms with Gasteiger partial charge in [0.25, 0.3) is 0 Å².